The van der Waals surface area contributed by atoms with Gasteiger partial charge in [-0.25, -0.2) is 0 Å². The van der Waals surface area contributed by atoms with Crippen LogP contribution >= 0.6 is 0 Å². The molecule has 0 aromatic carbocycles. The lowest BCUT2D eigenvalue weighted by Crippen LogP contribution is -2.41. The molecule has 2 heterocycles. The van der Waals surface area contributed by atoms with Crippen molar-refractivity contribution < 1.29 is 9.36 Å². The first-order chi connectivity index (χ1) is 8.66. The average Bonchev–Trinajstić information content (AvgIpc) is 2.40. The number of aromatic nitrogens is 2. The quantitative estimate of drug-likeness (QED) is 0.756. The van der Waals surface area contributed by atoms with Crippen molar-refractivity contribution in [3.8, 4) is 11.1 Å². The van der Waals surface area contributed by atoms with E-state index in [1.807, 2.05) is 41.2 Å². The molecule has 0 saturated heterocycles. The van der Waals surface area contributed by atoms with Crippen molar-refractivity contribution in [3.63, 3.8) is 0 Å². The third kappa shape index (κ3) is 2.91. The molecule has 92 valence electrons. The Morgan fingerprint density at radius 2 is 1.67 bits per heavy atom. The van der Waals surface area contributed by atoms with E-state index in [-0.39, 0.29) is 5.91 Å². The van der Waals surface area contributed by atoms with Gasteiger partial charge in [0.1, 0.15) is 0 Å². The Balaban J connectivity index is 2.13. The highest BCUT2D eigenvalue weighted by molar-refractivity contribution is 5.74. The van der Waals surface area contributed by atoms with Gasteiger partial charge in [0.25, 0.3) is 5.91 Å². The van der Waals surface area contributed by atoms with Gasteiger partial charge in [0.15, 0.2) is 12.4 Å². The van der Waals surface area contributed by atoms with Crippen molar-refractivity contribution in [2.75, 3.05) is 14.1 Å². The summed E-state index contributed by atoms with van der Waals surface area (Å²) in [6.45, 7) is 0.365. The fraction of sp³-hybridized carbons (Fsp3) is 0.214. The van der Waals surface area contributed by atoms with Crippen LogP contribution in [-0.2, 0) is 11.3 Å². The zero-order valence-electron chi connectivity index (χ0n) is 10.6. The zero-order chi connectivity index (χ0) is 13.0. The first-order valence-corrected chi connectivity index (χ1v) is 5.76. The van der Waals surface area contributed by atoms with E-state index in [0.717, 1.165) is 11.1 Å². The molecule has 0 radical (unpaired) electrons. The molecule has 0 saturated carbocycles. The summed E-state index contributed by atoms with van der Waals surface area (Å²) in [5.74, 6) is 0.0802. The van der Waals surface area contributed by atoms with Crippen LogP contribution in [0.3, 0.4) is 0 Å². The highest BCUT2D eigenvalue weighted by atomic mass is 16.2. The Morgan fingerprint density at radius 3 is 2.22 bits per heavy atom. The molecule has 0 bridgehead atoms. The fourth-order valence-electron chi connectivity index (χ4n) is 1.60. The van der Waals surface area contributed by atoms with Gasteiger partial charge in [0.05, 0.1) is 0 Å². The van der Waals surface area contributed by atoms with Crippen LogP contribution in [0.25, 0.3) is 11.1 Å². The number of amides is 1. The van der Waals surface area contributed by atoms with E-state index in [9.17, 15) is 4.79 Å². The molecule has 0 aliphatic rings. The predicted octanol–water partition coefficient (Wildman–Crippen LogP) is 1.12. The van der Waals surface area contributed by atoms with Crippen LogP contribution in [0.15, 0.2) is 49.1 Å². The summed E-state index contributed by atoms with van der Waals surface area (Å²) < 4.78 is 1.87. The number of hydrogen-bond acceptors (Lipinski definition) is 2. The zero-order valence-corrected chi connectivity index (χ0v) is 10.6. The van der Waals surface area contributed by atoms with E-state index in [1.54, 1.807) is 31.4 Å². The molecule has 2 rings (SSSR count). The van der Waals surface area contributed by atoms with Gasteiger partial charge in [-0.05, 0) is 23.3 Å². The maximum Gasteiger partial charge on any atom is 0.288 e. The van der Waals surface area contributed by atoms with Gasteiger partial charge in [-0.1, -0.05) is 0 Å². The molecule has 0 spiro atoms. The lowest BCUT2D eigenvalue weighted by molar-refractivity contribution is -0.685. The summed E-state index contributed by atoms with van der Waals surface area (Å²) in [6.07, 6.45) is 7.37. The number of nitrogens with zero attached hydrogens (tertiary/aromatic N) is 3. The van der Waals surface area contributed by atoms with Crippen LogP contribution in [0.1, 0.15) is 0 Å². The molecule has 0 unspecified atom stereocenters. The fourth-order valence-corrected chi connectivity index (χ4v) is 1.60. The summed E-state index contributed by atoms with van der Waals surface area (Å²) >= 11 is 0. The minimum Gasteiger partial charge on any atom is -0.343 e. The Morgan fingerprint density at radius 1 is 1.11 bits per heavy atom. The standard InChI is InChI=1S/C14H16N3O/c1-16(2)14(18)11-17-9-5-13(6-10-17)12-3-7-15-8-4-12/h3-10H,11H2,1-2H3/q+1. The third-order valence-corrected chi connectivity index (χ3v) is 2.72. The van der Waals surface area contributed by atoms with Crippen molar-refractivity contribution in [1.29, 1.82) is 0 Å². The molecular weight excluding hydrogens is 226 g/mol. The topological polar surface area (TPSA) is 37.1 Å². The minimum absolute atomic E-state index is 0.0802. The van der Waals surface area contributed by atoms with Crippen LogP contribution in [0, 0.1) is 0 Å². The lowest BCUT2D eigenvalue weighted by Gasteiger charge is -2.07. The van der Waals surface area contributed by atoms with E-state index < -0.39 is 0 Å². The number of likely N-dealkylation sites (N-methyl/N-ethyl adjacent to an activating group) is 1. The Kier molecular flexibility index (Phi) is 3.67. The minimum atomic E-state index is 0.0802. The van der Waals surface area contributed by atoms with Gasteiger partial charge in [-0.3, -0.25) is 9.78 Å². The number of carbonyl (C=O) groups excluding carboxylic acids is 1. The van der Waals surface area contributed by atoms with E-state index in [0.29, 0.717) is 6.54 Å². The van der Waals surface area contributed by atoms with E-state index >= 15 is 0 Å². The smallest absolute Gasteiger partial charge is 0.288 e. The Labute approximate surface area is 107 Å². The van der Waals surface area contributed by atoms with Gasteiger partial charge < -0.3 is 4.90 Å². The molecule has 18 heavy (non-hydrogen) atoms. The van der Waals surface area contributed by atoms with Crippen LogP contribution in [0.4, 0.5) is 0 Å². The highest BCUT2D eigenvalue weighted by Gasteiger charge is 2.10. The van der Waals surface area contributed by atoms with Crippen molar-refractivity contribution >= 4 is 5.91 Å². The number of carbonyl (C=O) groups is 1. The normalized spacial score (nSPS) is 10.1. The van der Waals surface area contributed by atoms with Crippen molar-refractivity contribution in [2.24, 2.45) is 0 Å². The highest BCUT2D eigenvalue weighted by Crippen LogP contribution is 2.15. The van der Waals surface area contributed by atoms with Gasteiger partial charge >= 0.3 is 0 Å². The first kappa shape index (κ1) is 12.2. The summed E-state index contributed by atoms with van der Waals surface area (Å²) in [5, 5.41) is 0. The van der Waals surface area contributed by atoms with Gasteiger partial charge in [0.2, 0.25) is 6.54 Å². The predicted molar refractivity (Wildman–Crippen MR) is 68.6 cm³/mol. The van der Waals surface area contributed by atoms with E-state index in [2.05, 4.69) is 4.98 Å². The first-order valence-electron chi connectivity index (χ1n) is 5.76. The molecule has 2 aromatic heterocycles. The van der Waals surface area contributed by atoms with Crippen LogP contribution < -0.4 is 4.57 Å². The molecule has 0 aliphatic carbocycles. The molecule has 1 amide bonds. The monoisotopic (exact) mass is 242 g/mol. The Hall–Kier alpha value is -2.23. The van der Waals surface area contributed by atoms with Gasteiger partial charge in [-0.15, -0.1) is 0 Å². The maximum atomic E-state index is 11.6. The number of hydrogen-bond donors (Lipinski definition) is 0. The average molecular weight is 242 g/mol. The van der Waals surface area contributed by atoms with Crippen molar-refractivity contribution in [2.45, 2.75) is 6.54 Å². The molecule has 0 fully saturated rings. The van der Waals surface area contributed by atoms with E-state index in [1.165, 1.54) is 0 Å². The summed E-state index contributed by atoms with van der Waals surface area (Å²) in [6, 6.07) is 7.92. The van der Waals surface area contributed by atoms with Gasteiger partial charge in [0, 0.05) is 38.6 Å². The van der Waals surface area contributed by atoms with Crippen LogP contribution in [-0.4, -0.2) is 29.9 Å². The second-order valence-electron chi connectivity index (χ2n) is 4.28. The van der Waals surface area contributed by atoms with Crippen molar-refractivity contribution in [1.82, 2.24) is 9.88 Å². The molecule has 0 atom stereocenters. The van der Waals surface area contributed by atoms with Gasteiger partial charge in [-0.2, -0.15) is 4.57 Å². The molecule has 2 aromatic rings. The molecule has 4 heteroatoms. The summed E-state index contributed by atoms with van der Waals surface area (Å²) in [5.41, 5.74) is 2.24. The summed E-state index contributed by atoms with van der Waals surface area (Å²) in [4.78, 5) is 17.1. The molecule has 4 nitrogen and oxygen atoms in total. The molecule has 0 aliphatic heterocycles. The Bertz CT molecular complexity index is 520. The number of rotatable bonds is 3. The maximum absolute atomic E-state index is 11.6. The van der Waals surface area contributed by atoms with E-state index in [4.69, 9.17) is 0 Å². The summed E-state index contributed by atoms with van der Waals surface area (Å²) in [7, 11) is 3.52. The second-order valence-corrected chi connectivity index (χ2v) is 4.28. The van der Waals surface area contributed by atoms with Crippen LogP contribution in [0.2, 0.25) is 0 Å². The SMILES string of the molecule is CN(C)C(=O)C[n+]1ccc(-c2ccncc2)cc1. The van der Waals surface area contributed by atoms with Crippen molar-refractivity contribution in [3.05, 3.63) is 49.1 Å². The lowest BCUT2D eigenvalue weighted by atomic mass is 10.1. The molecule has 0 N–H and O–H groups in total. The second kappa shape index (κ2) is 5.40. The molecular formula is C14H16N3O+. The van der Waals surface area contributed by atoms with Crippen LogP contribution in [0.5, 0.6) is 0 Å². The number of pyridine rings is 2. The largest absolute Gasteiger partial charge is 0.343 e. The third-order valence-electron chi connectivity index (χ3n) is 2.72.